The highest BCUT2D eigenvalue weighted by atomic mass is 16.2. The van der Waals surface area contributed by atoms with E-state index < -0.39 is 0 Å². The standard InChI is InChI=1S/C15H16N4O2/c20-14(12-8-17-18-9-12)16-7-10-1-5-13(6-2-10)19-15(21)11-3-4-11/h1-2,5-6,8-9,11H,3-4,7H2,(H,16,20)(H,17,18)(H,19,21). The van der Waals surface area contributed by atoms with E-state index in [0.29, 0.717) is 12.1 Å². The molecule has 3 N–H and O–H groups in total. The van der Waals surface area contributed by atoms with Gasteiger partial charge in [0.15, 0.2) is 0 Å². The number of aromatic amines is 1. The fourth-order valence-electron chi connectivity index (χ4n) is 1.96. The summed E-state index contributed by atoms with van der Waals surface area (Å²) in [5, 5.41) is 12.0. The summed E-state index contributed by atoms with van der Waals surface area (Å²) in [6, 6.07) is 7.47. The quantitative estimate of drug-likeness (QED) is 0.780. The van der Waals surface area contributed by atoms with Crippen molar-refractivity contribution in [2.75, 3.05) is 5.32 Å². The van der Waals surface area contributed by atoms with Gasteiger partial charge in [0.05, 0.1) is 11.8 Å². The van der Waals surface area contributed by atoms with Gasteiger partial charge in [0.1, 0.15) is 0 Å². The van der Waals surface area contributed by atoms with Gasteiger partial charge in [0.2, 0.25) is 5.91 Å². The Morgan fingerprint density at radius 2 is 2.00 bits per heavy atom. The van der Waals surface area contributed by atoms with Crippen molar-refractivity contribution in [1.82, 2.24) is 15.5 Å². The molecule has 0 spiro atoms. The van der Waals surface area contributed by atoms with E-state index in [1.54, 1.807) is 6.20 Å². The maximum Gasteiger partial charge on any atom is 0.254 e. The Balaban J connectivity index is 1.52. The summed E-state index contributed by atoms with van der Waals surface area (Å²) in [6.07, 6.45) is 5.01. The van der Waals surface area contributed by atoms with E-state index in [1.807, 2.05) is 24.3 Å². The molecule has 1 aromatic carbocycles. The normalized spacial score (nSPS) is 13.7. The lowest BCUT2D eigenvalue weighted by molar-refractivity contribution is -0.117. The first-order valence-corrected chi connectivity index (χ1v) is 6.89. The zero-order chi connectivity index (χ0) is 14.7. The Labute approximate surface area is 121 Å². The van der Waals surface area contributed by atoms with Crippen LogP contribution in [0.15, 0.2) is 36.7 Å². The van der Waals surface area contributed by atoms with Gasteiger partial charge >= 0.3 is 0 Å². The molecule has 2 aromatic rings. The zero-order valence-electron chi connectivity index (χ0n) is 11.4. The topological polar surface area (TPSA) is 86.9 Å². The second-order valence-corrected chi connectivity index (χ2v) is 5.13. The van der Waals surface area contributed by atoms with Gasteiger partial charge in [0.25, 0.3) is 5.91 Å². The van der Waals surface area contributed by atoms with Crippen molar-refractivity contribution in [1.29, 1.82) is 0 Å². The first kappa shape index (κ1) is 13.4. The number of nitrogens with zero attached hydrogens (tertiary/aromatic N) is 1. The number of rotatable bonds is 5. The van der Waals surface area contributed by atoms with Crippen LogP contribution in [-0.4, -0.2) is 22.0 Å². The van der Waals surface area contributed by atoms with Crippen LogP contribution in [0.25, 0.3) is 0 Å². The van der Waals surface area contributed by atoms with Crippen LogP contribution < -0.4 is 10.6 Å². The lowest BCUT2D eigenvalue weighted by Crippen LogP contribution is -2.22. The zero-order valence-corrected chi connectivity index (χ0v) is 11.4. The summed E-state index contributed by atoms with van der Waals surface area (Å²) in [4.78, 5) is 23.4. The Morgan fingerprint density at radius 1 is 1.24 bits per heavy atom. The third-order valence-corrected chi connectivity index (χ3v) is 3.38. The van der Waals surface area contributed by atoms with Crippen LogP contribution in [0.2, 0.25) is 0 Å². The van der Waals surface area contributed by atoms with E-state index in [2.05, 4.69) is 20.8 Å². The van der Waals surface area contributed by atoms with Crippen molar-refractivity contribution >= 4 is 17.5 Å². The molecule has 108 valence electrons. The molecule has 0 saturated heterocycles. The molecule has 0 bridgehead atoms. The minimum Gasteiger partial charge on any atom is -0.348 e. The Morgan fingerprint density at radius 3 is 2.62 bits per heavy atom. The first-order chi connectivity index (χ1) is 10.2. The van der Waals surface area contributed by atoms with Crippen LogP contribution in [0.5, 0.6) is 0 Å². The van der Waals surface area contributed by atoms with E-state index in [9.17, 15) is 9.59 Å². The molecule has 1 heterocycles. The molecule has 21 heavy (non-hydrogen) atoms. The molecule has 2 amide bonds. The summed E-state index contributed by atoms with van der Waals surface area (Å²) in [7, 11) is 0. The number of aromatic nitrogens is 2. The molecule has 1 saturated carbocycles. The van der Waals surface area contributed by atoms with Crippen LogP contribution >= 0.6 is 0 Å². The molecule has 6 nitrogen and oxygen atoms in total. The predicted molar refractivity (Wildman–Crippen MR) is 77.6 cm³/mol. The fraction of sp³-hybridized carbons (Fsp3) is 0.267. The number of hydrogen-bond acceptors (Lipinski definition) is 3. The maximum absolute atomic E-state index is 11.7. The molecule has 3 rings (SSSR count). The second kappa shape index (κ2) is 5.78. The number of amides is 2. The lowest BCUT2D eigenvalue weighted by Gasteiger charge is -2.07. The van der Waals surface area contributed by atoms with Gasteiger partial charge in [-0.15, -0.1) is 0 Å². The number of H-pyrrole nitrogens is 1. The van der Waals surface area contributed by atoms with Crippen molar-refractivity contribution in [2.24, 2.45) is 5.92 Å². The smallest absolute Gasteiger partial charge is 0.254 e. The molecule has 0 radical (unpaired) electrons. The number of carbonyl (C=O) groups excluding carboxylic acids is 2. The minimum atomic E-state index is -0.171. The molecule has 1 aliphatic rings. The van der Waals surface area contributed by atoms with Gasteiger partial charge in [-0.05, 0) is 30.5 Å². The van der Waals surface area contributed by atoms with Crippen molar-refractivity contribution in [3.05, 3.63) is 47.8 Å². The summed E-state index contributed by atoms with van der Waals surface area (Å²) in [5.74, 6) is 0.116. The number of hydrogen-bond donors (Lipinski definition) is 3. The van der Waals surface area contributed by atoms with Crippen LogP contribution in [0.1, 0.15) is 28.8 Å². The van der Waals surface area contributed by atoms with Gasteiger partial charge in [-0.1, -0.05) is 12.1 Å². The Hall–Kier alpha value is -2.63. The molecule has 1 aliphatic carbocycles. The summed E-state index contributed by atoms with van der Waals surface area (Å²) < 4.78 is 0. The number of anilines is 1. The van der Waals surface area contributed by atoms with E-state index in [-0.39, 0.29) is 17.7 Å². The molecule has 0 unspecified atom stereocenters. The van der Waals surface area contributed by atoms with Crippen molar-refractivity contribution in [3.63, 3.8) is 0 Å². The van der Waals surface area contributed by atoms with Crippen molar-refractivity contribution in [2.45, 2.75) is 19.4 Å². The van der Waals surface area contributed by atoms with Gasteiger partial charge in [-0.3, -0.25) is 14.7 Å². The molecule has 6 heteroatoms. The number of benzene rings is 1. The largest absolute Gasteiger partial charge is 0.348 e. The molecular formula is C15H16N4O2. The third-order valence-electron chi connectivity index (χ3n) is 3.38. The SMILES string of the molecule is O=C(NCc1ccc(NC(=O)C2CC2)cc1)c1cn[nH]c1. The number of carbonyl (C=O) groups is 2. The van der Waals surface area contributed by atoms with Crippen molar-refractivity contribution < 1.29 is 9.59 Å². The van der Waals surface area contributed by atoms with Crippen LogP contribution in [0.3, 0.4) is 0 Å². The minimum absolute atomic E-state index is 0.0935. The molecular weight excluding hydrogens is 268 g/mol. The second-order valence-electron chi connectivity index (χ2n) is 5.13. The Kier molecular flexibility index (Phi) is 3.68. The molecule has 1 aromatic heterocycles. The lowest BCUT2D eigenvalue weighted by atomic mass is 10.2. The average Bonchev–Trinajstić information content (AvgIpc) is 3.21. The van der Waals surface area contributed by atoms with Crippen molar-refractivity contribution in [3.8, 4) is 0 Å². The summed E-state index contributed by atoms with van der Waals surface area (Å²) in [6.45, 7) is 0.431. The summed E-state index contributed by atoms with van der Waals surface area (Å²) >= 11 is 0. The summed E-state index contributed by atoms with van der Waals surface area (Å²) in [5.41, 5.74) is 2.26. The van der Waals surface area contributed by atoms with E-state index in [1.165, 1.54) is 6.20 Å². The van der Waals surface area contributed by atoms with Gasteiger partial charge in [-0.2, -0.15) is 5.10 Å². The molecule has 1 fully saturated rings. The van der Waals surface area contributed by atoms with E-state index in [0.717, 1.165) is 24.1 Å². The van der Waals surface area contributed by atoms with Crippen LogP contribution in [-0.2, 0) is 11.3 Å². The Bertz CT molecular complexity index is 630. The maximum atomic E-state index is 11.7. The predicted octanol–water partition coefficient (Wildman–Crippen LogP) is 1.69. The third kappa shape index (κ3) is 3.47. The fourth-order valence-corrected chi connectivity index (χ4v) is 1.96. The first-order valence-electron chi connectivity index (χ1n) is 6.89. The monoisotopic (exact) mass is 284 g/mol. The van der Waals surface area contributed by atoms with Gasteiger partial charge in [0, 0.05) is 24.3 Å². The average molecular weight is 284 g/mol. The molecule has 0 atom stereocenters. The van der Waals surface area contributed by atoms with E-state index in [4.69, 9.17) is 0 Å². The van der Waals surface area contributed by atoms with Crippen LogP contribution in [0, 0.1) is 5.92 Å². The van der Waals surface area contributed by atoms with Gasteiger partial charge in [-0.25, -0.2) is 0 Å². The van der Waals surface area contributed by atoms with Crippen LogP contribution in [0.4, 0.5) is 5.69 Å². The number of nitrogens with one attached hydrogen (secondary N) is 3. The molecule has 0 aliphatic heterocycles. The highest BCUT2D eigenvalue weighted by Gasteiger charge is 2.29. The van der Waals surface area contributed by atoms with E-state index >= 15 is 0 Å². The highest BCUT2D eigenvalue weighted by molar-refractivity contribution is 5.94. The van der Waals surface area contributed by atoms with Gasteiger partial charge < -0.3 is 10.6 Å². The highest BCUT2D eigenvalue weighted by Crippen LogP contribution is 2.30.